The summed E-state index contributed by atoms with van der Waals surface area (Å²) in [6.07, 6.45) is 0.788. The number of amides is 2. The summed E-state index contributed by atoms with van der Waals surface area (Å²) in [5.74, 6) is 0.524. The molecule has 2 rings (SSSR count). The Hall–Kier alpha value is -2.82. The molecule has 0 fully saturated rings. The minimum Gasteiger partial charge on any atom is -0.497 e. The molecule has 0 bridgehead atoms. The molecule has 0 unspecified atom stereocenters. The Morgan fingerprint density at radius 2 is 1.73 bits per heavy atom. The van der Waals surface area contributed by atoms with Crippen molar-refractivity contribution in [3.63, 3.8) is 0 Å². The Labute approximate surface area is 180 Å². The molecule has 0 radical (unpaired) electrons. The molecule has 0 aliphatic heterocycles. The summed E-state index contributed by atoms with van der Waals surface area (Å²) in [6, 6.07) is 15.0. The van der Waals surface area contributed by atoms with Crippen LogP contribution in [0.2, 0.25) is 0 Å². The van der Waals surface area contributed by atoms with E-state index < -0.39 is 6.04 Å². The second kappa shape index (κ2) is 10.3. The Morgan fingerprint density at radius 1 is 1.07 bits per heavy atom. The van der Waals surface area contributed by atoms with E-state index in [2.05, 4.69) is 5.32 Å². The number of nitrogens with zero attached hydrogens (tertiary/aromatic N) is 1. The molecule has 30 heavy (non-hydrogen) atoms. The third-order valence-corrected chi connectivity index (χ3v) is 4.81. The van der Waals surface area contributed by atoms with Gasteiger partial charge in [-0.15, -0.1) is 0 Å². The van der Waals surface area contributed by atoms with Crippen molar-refractivity contribution in [2.45, 2.75) is 65.6 Å². The Balaban J connectivity index is 2.33. The lowest BCUT2D eigenvalue weighted by Gasteiger charge is -2.33. The van der Waals surface area contributed by atoms with Crippen LogP contribution in [0.25, 0.3) is 0 Å². The third-order valence-electron chi connectivity index (χ3n) is 4.81. The molecule has 0 saturated heterocycles. The lowest BCUT2D eigenvalue weighted by molar-refractivity contribution is -0.141. The number of hydrogen-bond donors (Lipinski definition) is 1. The Morgan fingerprint density at radius 3 is 2.33 bits per heavy atom. The van der Waals surface area contributed by atoms with Crippen molar-refractivity contribution in [2.75, 3.05) is 7.11 Å². The van der Waals surface area contributed by atoms with Crippen molar-refractivity contribution < 1.29 is 14.3 Å². The molecule has 0 heterocycles. The van der Waals surface area contributed by atoms with Gasteiger partial charge in [0, 0.05) is 12.1 Å². The average Bonchev–Trinajstić information content (AvgIpc) is 2.66. The van der Waals surface area contributed by atoms with E-state index >= 15 is 0 Å². The molecule has 1 N–H and O–H groups in total. The molecule has 0 aliphatic carbocycles. The Kier molecular flexibility index (Phi) is 8.04. The van der Waals surface area contributed by atoms with Gasteiger partial charge in [0.05, 0.1) is 13.5 Å². The van der Waals surface area contributed by atoms with E-state index in [1.165, 1.54) is 0 Å². The first kappa shape index (κ1) is 23.5. The van der Waals surface area contributed by atoms with Crippen LogP contribution in [-0.2, 0) is 22.6 Å². The van der Waals surface area contributed by atoms with Crippen LogP contribution in [-0.4, -0.2) is 35.4 Å². The van der Waals surface area contributed by atoms with E-state index in [-0.39, 0.29) is 23.8 Å². The number of methoxy groups -OCH3 is 1. The number of aryl methyl sites for hydroxylation is 1. The van der Waals surface area contributed by atoms with Crippen molar-refractivity contribution in [1.82, 2.24) is 10.2 Å². The van der Waals surface area contributed by atoms with Gasteiger partial charge < -0.3 is 15.0 Å². The summed E-state index contributed by atoms with van der Waals surface area (Å²) in [4.78, 5) is 28.1. The van der Waals surface area contributed by atoms with Gasteiger partial charge in [0.1, 0.15) is 11.8 Å². The van der Waals surface area contributed by atoms with Crippen LogP contribution in [0.4, 0.5) is 0 Å². The minimum atomic E-state index is -0.548. The summed E-state index contributed by atoms with van der Waals surface area (Å²) in [5.41, 5.74) is 2.61. The molecule has 5 heteroatoms. The summed E-state index contributed by atoms with van der Waals surface area (Å²) in [5, 5.41) is 3.03. The van der Waals surface area contributed by atoms with Gasteiger partial charge in [0.15, 0.2) is 0 Å². The Bertz CT molecular complexity index is 871. The first-order valence-corrected chi connectivity index (χ1v) is 10.4. The van der Waals surface area contributed by atoms with Gasteiger partial charge in [-0.2, -0.15) is 0 Å². The average molecular weight is 411 g/mol. The van der Waals surface area contributed by atoms with E-state index in [4.69, 9.17) is 4.74 Å². The SMILES string of the molecule is CC[C@H](C(=O)NC(C)(C)C)N(Cc1cccc(OC)c1)C(=O)Cc1cccc(C)c1. The van der Waals surface area contributed by atoms with Gasteiger partial charge in [0.2, 0.25) is 11.8 Å². The number of rotatable bonds is 8. The molecule has 2 amide bonds. The maximum absolute atomic E-state index is 13.4. The minimum absolute atomic E-state index is 0.0701. The van der Waals surface area contributed by atoms with Crippen LogP contribution >= 0.6 is 0 Å². The van der Waals surface area contributed by atoms with Crippen LogP contribution in [0.5, 0.6) is 5.75 Å². The number of ether oxygens (including phenoxy) is 1. The molecular weight excluding hydrogens is 376 g/mol. The van der Waals surface area contributed by atoms with Crippen LogP contribution in [0.15, 0.2) is 48.5 Å². The highest BCUT2D eigenvalue weighted by atomic mass is 16.5. The molecule has 0 aromatic heterocycles. The maximum atomic E-state index is 13.4. The standard InChI is InChI=1S/C25H34N2O3/c1-7-22(24(29)26-25(3,4)5)27(17-20-12-9-13-21(15-20)30-6)23(28)16-19-11-8-10-18(2)14-19/h8-15,22H,7,16-17H2,1-6H3,(H,26,29)/t22-/m1/s1. The van der Waals surface area contributed by atoms with Gasteiger partial charge in [-0.05, 0) is 57.4 Å². The first-order valence-electron chi connectivity index (χ1n) is 10.4. The van der Waals surface area contributed by atoms with Crippen molar-refractivity contribution in [2.24, 2.45) is 0 Å². The van der Waals surface area contributed by atoms with Crippen LogP contribution in [0.3, 0.4) is 0 Å². The van der Waals surface area contributed by atoms with Crippen LogP contribution < -0.4 is 10.1 Å². The highest BCUT2D eigenvalue weighted by Gasteiger charge is 2.30. The molecule has 162 valence electrons. The number of hydrogen-bond acceptors (Lipinski definition) is 3. The highest BCUT2D eigenvalue weighted by Crippen LogP contribution is 2.19. The number of carbonyl (C=O) groups is 2. The van der Waals surface area contributed by atoms with Crippen molar-refractivity contribution in [3.8, 4) is 5.75 Å². The highest BCUT2D eigenvalue weighted by molar-refractivity contribution is 5.88. The predicted octanol–water partition coefficient (Wildman–Crippen LogP) is 4.27. The van der Waals surface area contributed by atoms with Crippen LogP contribution in [0.1, 0.15) is 50.8 Å². The van der Waals surface area contributed by atoms with E-state index in [1.807, 2.05) is 83.1 Å². The van der Waals surface area contributed by atoms with E-state index in [0.29, 0.717) is 13.0 Å². The van der Waals surface area contributed by atoms with E-state index in [9.17, 15) is 9.59 Å². The topological polar surface area (TPSA) is 58.6 Å². The molecule has 2 aromatic rings. The van der Waals surface area contributed by atoms with Gasteiger partial charge in [-0.25, -0.2) is 0 Å². The van der Waals surface area contributed by atoms with E-state index in [0.717, 1.165) is 22.4 Å². The van der Waals surface area contributed by atoms with Crippen molar-refractivity contribution in [3.05, 3.63) is 65.2 Å². The summed E-state index contributed by atoms with van der Waals surface area (Å²) in [7, 11) is 1.62. The van der Waals surface area contributed by atoms with Gasteiger partial charge in [0.25, 0.3) is 0 Å². The zero-order chi connectivity index (χ0) is 22.3. The normalized spacial score (nSPS) is 12.2. The zero-order valence-corrected chi connectivity index (χ0v) is 19.0. The summed E-state index contributed by atoms with van der Waals surface area (Å²) >= 11 is 0. The molecule has 0 aliphatic rings. The van der Waals surface area contributed by atoms with Crippen molar-refractivity contribution in [1.29, 1.82) is 0 Å². The largest absolute Gasteiger partial charge is 0.497 e. The van der Waals surface area contributed by atoms with Gasteiger partial charge in [-0.3, -0.25) is 9.59 Å². The fraction of sp³-hybridized carbons (Fsp3) is 0.440. The smallest absolute Gasteiger partial charge is 0.243 e. The zero-order valence-electron chi connectivity index (χ0n) is 19.0. The molecular formula is C25H34N2O3. The fourth-order valence-electron chi connectivity index (χ4n) is 3.44. The lowest BCUT2D eigenvalue weighted by Crippen LogP contribution is -2.53. The number of nitrogens with one attached hydrogen (secondary N) is 1. The second-order valence-corrected chi connectivity index (χ2v) is 8.70. The summed E-state index contributed by atoms with van der Waals surface area (Å²) < 4.78 is 5.32. The molecule has 1 atom stereocenters. The molecule has 2 aromatic carbocycles. The maximum Gasteiger partial charge on any atom is 0.243 e. The number of carbonyl (C=O) groups excluding carboxylic acids is 2. The summed E-state index contributed by atoms with van der Waals surface area (Å²) in [6.45, 7) is 10.1. The monoisotopic (exact) mass is 410 g/mol. The number of benzene rings is 2. The quantitative estimate of drug-likeness (QED) is 0.707. The predicted molar refractivity (Wildman–Crippen MR) is 120 cm³/mol. The molecule has 5 nitrogen and oxygen atoms in total. The van der Waals surface area contributed by atoms with Gasteiger partial charge >= 0.3 is 0 Å². The first-order chi connectivity index (χ1) is 14.1. The second-order valence-electron chi connectivity index (χ2n) is 8.70. The van der Waals surface area contributed by atoms with E-state index in [1.54, 1.807) is 12.0 Å². The molecule has 0 saturated carbocycles. The third kappa shape index (κ3) is 6.90. The van der Waals surface area contributed by atoms with Crippen molar-refractivity contribution >= 4 is 11.8 Å². The molecule has 0 spiro atoms. The van der Waals surface area contributed by atoms with Crippen LogP contribution in [0, 0.1) is 6.92 Å². The van der Waals surface area contributed by atoms with Gasteiger partial charge in [-0.1, -0.05) is 48.9 Å². The fourth-order valence-corrected chi connectivity index (χ4v) is 3.44. The lowest BCUT2D eigenvalue weighted by atomic mass is 10.0.